The Morgan fingerprint density at radius 3 is 2.08 bits per heavy atom. The second-order valence-corrected chi connectivity index (χ2v) is 8.35. The summed E-state index contributed by atoms with van der Waals surface area (Å²) in [5.41, 5.74) is 4.80. The largest absolute Gasteiger partial charge is 0.238 e. The van der Waals surface area contributed by atoms with Crippen molar-refractivity contribution in [3.63, 3.8) is 0 Å². The van der Waals surface area contributed by atoms with Gasteiger partial charge in [-0.05, 0) is 71.4 Å². The Labute approximate surface area is 153 Å². The van der Waals surface area contributed by atoms with Crippen molar-refractivity contribution >= 4 is 10.0 Å². The average molecular weight is 362 g/mol. The highest BCUT2D eigenvalue weighted by molar-refractivity contribution is 7.89. The third kappa shape index (κ3) is 8.84. The van der Waals surface area contributed by atoms with Crippen LogP contribution in [0.2, 0.25) is 0 Å². The Morgan fingerprint density at radius 2 is 1.48 bits per heavy atom. The third-order valence-electron chi connectivity index (χ3n) is 4.07. The molecule has 0 saturated heterocycles. The van der Waals surface area contributed by atoms with Crippen molar-refractivity contribution in [2.75, 3.05) is 0 Å². The zero-order valence-corrected chi connectivity index (χ0v) is 16.7. The summed E-state index contributed by atoms with van der Waals surface area (Å²) >= 11 is 0. The van der Waals surface area contributed by atoms with Crippen molar-refractivity contribution < 1.29 is 8.42 Å². The van der Waals surface area contributed by atoms with E-state index >= 15 is 0 Å². The van der Waals surface area contributed by atoms with Gasteiger partial charge in [-0.1, -0.05) is 53.1 Å². The Bertz CT molecular complexity index is 752. The maximum absolute atomic E-state index is 11.6. The lowest BCUT2D eigenvalue weighted by molar-refractivity contribution is 0.597. The minimum atomic E-state index is -3.67. The smallest absolute Gasteiger partial charge is 0.225 e. The number of hydrogen-bond acceptors (Lipinski definition) is 2. The first-order valence-corrected chi connectivity index (χ1v) is 10.3. The first-order chi connectivity index (χ1) is 11.7. The molecule has 0 aromatic heterocycles. The predicted octanol–water partition coefficient (Wildman–Crippen LogP) is 5.30. The maximum Gasteiger partial charge on any atom is 0.238 e. The molecule has 0 aliphatic rings. The van der Waals surface area contributed by atoms with E-state index in [1.807, 2.05) is 12.1 Å². The van der Waals surface area contributed by atoms with E-state index in [2.05, 4.69) is 45.9 Å². The minimum absolute atomic E-state index is 0.217. The van der Waals surface area contributed by atoms with Gasteiger partial charge in [0.15, 0.2) is 0 Å². The zero-order valence-electron chi connectivity index (χ0n) is 15.9. The van der Waals surface area contributed by atoms with Crippen LogP contribution in [0.4, 0.5) is 0 Å². The molecular weight excluding hydrogens is 330 g/mol. The molecule has 0 atom stereocenters. The van der Waals surface area contributed by atoms with Crippen molar-refractivity contribution in [3.05, 3.63) is 64.8 Å². The topological polar surface area (TPSA) is 60.2 Å². The predicted molar refractivity (Wildman–Crippen MR) is 107 cm³/mol. The van der Waals surface area contributed by atoms with Crippen LogP contribution in [0.3, 0.4) is 0 Å². The number of sulfonamides is 1. The first kappa shape index (κ1) is 21.4. The van der Waals surface area contributed by atoms with Crippen LogP contribution in [0.1, 0.15) is 58.9 Å². The fourth-order valence-corrected chi connectivity index (χ4v) is 3.36. The molecule has 0 aliphatic heterocycles. The maximum atomic E-state index is 11.6. The molecule has 0 fully saturated rings. The zero-order chi connectivity index (χ0) is 18.9. The second-order valence-electron chi connectivity index (χ2n) is 6.82. The van der Waals surface area contributed by atoms with E-state index < -0.39 is 10.0 Å². The monoisotopic (exact) mass is 361 g/mol. The summed E-state index contributed by atoms with van der Waals surface area (Å²) in [5, 5.41) is 5.28. The SMILES string of the molecule is CC(C)=CCCC(C)=CCCC(C)=CCc1ccccc1S(N)(=O)=O. The summed E-state index contributed by atoms with van der Waals surface area (Å²) in [4.78, 5) is 0.217. The number of allylic oxidation sites excluding steroid dienone is 6. The molecule has 0 radical (unpaired) electrons. The lowest BCUT2D eigenvalue weighted by Crippen LogP contribution is -2.14. The number of benzene rings is 1. The number of rotatable bonds is 9. The van der Waals surface area contributed by atoms with Gasteiger partial charge in [0.2, 0.25) is 10.0 Å². The van der Waals surface area contributed by atoms with E-state index in [1.54, 1.807) is 12.1 Å². The summed E-state index contributed by atoms with van der Waals surface area (Å²) in [6.07, 6.45) is 11.5. The third-order valence-corrected chi connectivity index (χ3v) is 5.08. The quantitative estimate of drug-likeness (QED) is 0.607. The van der Waals surface area contributed by atoms with Crippen molar-refractivity contribution in [2.45, 2.75) is 64.7 Å². The van der Waals surface area contributed by atoms with Crippen LogP contribution >= 0.6 is 0 Å². The second kappa shape index (κ2) is 10.4. The normalized spacial score (nSPS) is 13.0. The molecule has 0 heterocycles. The summed E-state index contributed by atoms with van der Waals surface area (Å²) < 4.78 is 23.2. The van der Waals surface area contributed by atoms with E-state index in [0.717, 1.165) is 31.2 Å². The molecule has 0 amide bonds. The fourth-order valence-electron chi connectivity index (χ4n) is 2.57. The van der Waals surface area contributed by atoms with Gasteiger partial charge in [0.1, 0.15) is 0 Å². The average Bonchev–Trinajstić information content (AvgIpc) is 2.52. The van der Waals surface area contributed by atoms with E-state index in [1.165, 1.54) is 16.7 Å². The van der Waals surface area contributed by atoms with Gasteiger partial charge in [0.05, 0.1) is 4.90 Å². The summed E-state index contributed by atoms with van der Waals surface area (Å²) in [5.74, 6) is 0. The summed E-state index contributed by atoms with van der Waals surface area (Å²) in [6.45, 7) is 8.52. The minimum Gasteiger partial charge on any atom is -0.225 e. The van der Waals surface area contributed by atoms with Crippen molar-refractivity contribution in [3.8, 4) is 0 Å². The highest BCUT2D eigenvalue weighted by Gasteiger charge is 2.11. The summed E-state index contributed by atoms with van der Waals surface area (Å²) in [7, 11) is -3.67. The highest BCUT2D eigenvalue weighted by atomic mass is 32.2. The molecular formula is C21H31NO2S. The number of nitrogens with two attached hydrogens (primary N) is 1. The van der Waals surface area contributed by atoms with E-state index in [4.69, 9.17) is 5.14 Å². The fraction of sp³-hybridized carbons (Fsp3) is 0.429. The van der Waals surface area contributed by atoms with Crippen molar-refractivity contribution in [1.82, 2.24) is 0 Å². The number of hydrogen-bond donors (Lipinski definition) is 1. The van der Waals surface area contributed by atoms with Crippen LogP contribution in [0.15, 0.2) is 64.1 Å². The molecule has 3 nitrogen and oxygen atoms in total. The molecule has 4 heteroatoms. The molecule has 138 valence electrons. The lowest BCUT2D eigenvalue weighted by atomic mass is 10.0. The van der Waals surface area contributed by atoms with Crippen LogP contribution in [0.5, 0.6) is 0 Å². The van der Waals surface area contributed by atoms with E-state index in [9.17, 15) is 8.42 Å². The summed E-state index contributed by atoms with van der Waals surface area (Å²) in [6, 6.07) is 6.91. The highest BCUT2D eigenvalue weighted by Crippen LogP contribution is 2.17. The van der Waals surface area contributed by atoms with E-state index in [-0.39, 0.29) is 4.90 Å². The van der Waals surface area contributed by atoms with Crippen LogP contribution in [-0.2, 0) is 16.4 Å². The molecule has 0 aliphatic carbocycles. The molecule has 0 unspecified atom stereocenters. The van der Waals surface area contributed by atoms with Gasteiger partial charge in [-0.15, -0.1) is 0 Å². The van der Waals surface area contributed by atoms with Crippen LogP contribution in [0, 0.1) is 0 Å². The van der Waals surface area contributed by atoms with Gasteiger partial charge in [0.25, 0.3) is 0 Å². The molecule has 0 bridgehead atoms. The molecule has 0 saturated carbocycles. The van der Waals surface area contributed by atoms with Crippen LogP contribution in [0.25, 0.3) is 0 Å². The lowest BCUT2D eigenvalue weighted by Gasteiger charge is -2.06. The first-order valence-electron chi connectivity index (χ1n) is 8.75. The van der Waals surface area contributed by atoms with Crippen LogP contribution in [-0.4, -0.2) is 8.42 Å². The molecule has 2 N–H and O–H groups in total. The molecule has 0 spiro atoms. The molecule has 1 aromatic carbocycles. The standard InChI is InChI=1S/C21H31NO2S/c1-17(2)9-7-10-18(3)11-8-12-19(4)15-16-20-13-5-6-14-21(20)25(22,23)24/h5-6,9,11,13-15H,7-8,10,12,16H2,1-4H3,(H2,22,23,24). The van der Waals surface area contributed by atoms with Gasteiger partial charge < -0.3 is 0 Å². The Kier molecular flexibility index (Phi) is 8.87. The van der Waals surface area contributed by atoms with Crippen molar-refractivity contribution in [1.29, 1.82) is 0 Å². The van der Waals surface area contributed by atoms with Gasteiger partial charge in [-0.25, -0.2) is 13.6 Å². The van der Waals surface area contributed by atoms with Gasteiger partial charge in [0, 0.05) is 0 Å². The van der Waals surface area contributed by atoms with Gasteiger partial charge in [-0.2, -0.15) is 0 Å². The molecule has 1 rings (SSSR count). The Balaban J connectivity index is 2.57. The van der Waals surface area contributed by atoms with Crippen molar-refractivity contribution in [2.24, 2.45) is 5.14 Å². The Hall–Kier alpha value is -1.65. The Morgan fingerprint density at radius 1 is 0.920 bits per heavy atom. The van der Waals surface area contributed by atoms with Crippen LogP contribution < -0.4 is 5.14 Å². The molecule has 1 aromatic rings. The molecule has 25 heavy (non-hydrogen) atoms. The van der Waals surface area contributed by atoms with E-state index in [0.29, 0.717) is 6.42 Å². The van der Waals surface area contributed by atoms with Gasteiger partial charge >= 0.3 is 0 Å². The van der Waals surface area contributed by atoms with Gasteiger partial charge in [-0.3, -0.25) is 0 Å². The number of primary sulfonamides is 1.